The largest absolute Gasteiger partial charge is 0.484 e. The Hall–Kier alpha value is -3.28. The van der Waals surface area contributed by atoms with Crippen molar-refractivity contribution in [3.05, 3.63) is 60.2 Å². The Labute approximate surface area is 164 Å². The summed E-state index contributed by atoms with van der Waals surface area (Å²) in [4.78, 5) is 26.0. The summed E-state index contributed by atoms with van der Waals surface area (Å²) in [6.07, 6.45) is 0.952. The predicted molar refractivity (Wildman–Crippen MR) is 109 cm³/mol. The van der Waals surface area contributed by atoms with Gasteiger partial charge in [-0.05, 0) is 49.2 Å². The highest BCUT2D eigenvalue weighted by Crippen LogP contribution is 2.34. The van der Waals surface area contributed by atoms with Crippen LogP contribution in [0, 0.1) is 0 Å². The number of hydrogen-bond donors (Lipinski definition) is 1. The molecular weight excluding hydrogens is 356 g/mol. The topological polar surface area (TPSA) is 67.9 Å². The minimum Gasteiger partial charge on any atom is -0.484 e. The SMILES string of the molecule is C=C(C)CN1C(=O)COc2ccc(NC(=O)COc3ccc(CC)cc3)cc21. The van der Waals surface area contributed by atoms with Crippen molar-refractivity contribution in [3.63, 3.8) is 0 Å². The lowest BCUT2D eigenvalue weighted by atomic mass is 10.2. The molecule has 146 valence electrons. The summed E-state index contributed by atoms with van der Waals surface area (Å²) in [6.45, 7) is 8.11. The molecule has 0 unspecified atom stereocenters. The molecule has 1 N–H and O–H groups in total. The molecule has 2 aromatic rings. The first-order chi connectivity index (χ1) is 13.5. The smallest absolute Gasteiger partial charge is 0.265 e. The maximum Gasteiger partial charge on any atom is 0.265 e. The summed E-state index contributed by atoms with van der Waals surface area (Å²) in [5.41, 5.74) is 3.26. The van der Waals surface area contributed by atoms with Crippen LogP contribution in [0.25, 0.3) is 0 Å². The van der Waals surface area contributed by atoms with Crippen molar-refractivity contribution >= 4 is 23.2 Å². The van der Waals surface area contributed by atoms with E-state index in [1.54, 1.807) is 23.1 Å². The number of fused-ring (bicyclic) bond motifs is 1. The van der Waals surface area contributed by atoms with Crippen molar-refractivity contribution in [1.82, 2.24) is 0 Å². The van der Waals surface area contributed by atoms with Gasteiger partial charge in [0.05, 0.1) is 5.69 Å². The van der Waals surface area contributed by atoms with Crippen molar-refractivity contribution in [3.8, 4) is 11.5 Å². The van der Waals surface area contributed by atoms with Gasteiger partial charge in [0.25, 0.3) is 11.8 Å². The van der Waals surface area contributed by atoms with E-state index in [0.29, 0.717) is 29.4 Å². The van der Waals surface area contributed by atoms with E-state index in [9.17, 15) is 9.59 Å². The van der Waals surface area contributed by atoms with E-state index in [0.717, 1.165) is 12.0 Å². The first-order valence-corrected chi connectivity index (χ1v) is 9.19. The van der Waals surface area contributed by atoms with Crippen LogP contribution in [0.4, 0.5) is 11.4 Å². The summed E-state index contributed by atoms with van der Waals surface area (Å²) in [5.74, 6) is 0.822. The third kappa shape index (κ3) is 4.71. The Morgan fingerprint density at radius 3 is 2.68 bits per heavy atom. The van der Waals surface area contributed by atoms with Crippen LogP contribution in [-0.2, 0) is 16.0 Å². The van der Waals surface area contributed by atoms with E-state index < -0.39 is 0 Å². The average Bonchev–Trinajstić information content (AvgIpc) is 2.69. The van der Waals surface area contributed by atoms with Crippen LogP contribution in [0.15, 0.2) is 54.6 Å². The summed E-state index contributed by atoms with van der Waals surface area (Å²) >= 11 is 0. The fourth-order valence-electron chi connectivity index (χ4n) is 2.89. The highest BCUT2D eigenvalue weighted by molar-refractivity contribution is 6.00. The Balaban J connectivity index is 1.65. The molecule has 0 bridgehead atoms. The van der Waals surface area contributed by atoms with Gasteiger partial charge in [-0.2, -0.15) is 0 Å². The van der Waals surface area contributed by atoms with Crippen molar-refractivity contribution in [1.29, 1.82) is 0 Å². The Kier molecular flexibility index (Phi) is 5.99. The van der Waals surface area contributed by atoms with Gasteiger partial charge >= 0.3 is 0 Å². The molecule has 0 spiro atoms. The van der Waals surface area contributed by atoms with Gasteiger partial charge in [-0.15, -0.1) is 0 Å². The zero-order chi connectivity index (χ0) is 20.1. The van der Waals surface area contributed by atoms with E-state index in [1.165, 1.54) is 5.56 Å². The molecule has 1 aliphatic heterocycles. The van der Waals surface area contributed by atoms with Gasteiger partial charge < -0.3 is 19.7 Å². The lowest BCUT2D eigenvalue weighted by molar-refractivity contribution is -0.121. The van der Waals surface area contributed by atoms with Crippen molar-refractivity contribution in [2.45, 2.75) is 20.3 Å². The summed E-state index contributed by atoms with van der Waals surface area (Å²) in [5, 5.41) is 2.79. The molecule has 6 nitrogen and oxygen atoms in total. The molecule has 1 aliphatic rings. The van der Waals surface area contributed by atoms with Crippen molar-refractivity contribution < 1.29 is 19.1 Å². The molecule has 0 aliphatic carbocycles. The van der Waals surface area contributed by atoms with Crippen LogP contribution in [0.3, 0.4) is 0 Å². The molecule has 0 atom stereocenters. The number of rotatable bonds is 7. The predicted octanol–water partition coefficient (Wildman–Crippen LogP) is 3.57. The van der Waals surface area contributed by atoms with Gasteiger partial charge in [-0.1, -0.05) is 31.2 Å². The number of carbonyl (C=O) groups is 2. The van der Waals surface area contributed by atoms with Gasteiger partial charge in [0.2, 0.25) is 0 Å². The zero-order valence-electron chi connectivity index (χ0n) is 16.2. The second kappa shape index (κ2) is 8.61. The fourth-order valence-corrected chi connectivity index (χ4v) is 2.89. The highest BCUT2D eigenvalue weighted by Gasteiger charge is 2.25. The van der Waals surface area contributed by atoms with E-state index in [2.05, 4.69) is 18.8 Å². The monoisotopic (exact) mass is 380 g/mol. The van der Waals surface area contributed by atoms with Gasteiger partial charge in [0.1, 0.15) is 11.5 Å². The molecule has 0 saturated carbocycles. The summed E-state index contributed by atoms with van der Waals surface area (Å²) in [6, 6.07) is 12.9. The lowest BCUT2D eigenvalue weighted by Crippen LogP contribution is -2.39. The number of benzene rings is 2. The number of hydrogen-bond acceptors (Lipinski definition) is 4. The van der Waals surface area contributed by atoms with Crippen LogP contribution in [0.5, 0.6) is 11.5 Å². The van der Waals surface area contributed by atoms with E-state index in [-0.39, 0.29) is 25.0 Å². The van der Waals surface area contributed by atoms with Crippen molar-refractivity contribution in [2.75, 3.05) is 30.0 Å². The van der Waals surface area contributed by atoms with E-state index in [1.807, 2.05) is 31.2 Å². The van der Waals surface area contributed by atoms with Crippen LogP contribution >= 0.6 is 0 Å². The number of nitrogens with one attached hydrogen (secondary N) is 1. The second-order valence-corrected chi connectivity index (χ2v) is 6.74. The molecule has 0 radical (unpaired) electrons. The molecule has 6 heteroatoms. The fraction of sp³-hybridized carbons (Fsp3) is 0.273. The van der Waals surface area contributed by atoms with E-state index in [4.69, 9.17) is 9.47 Å². The summed E-state index contributed by atoms with van der Waals surface area (Å²) in [7, 11) is 0. The second-order valence-electron chi connectivity index (χ2n) is 6.74. The minimum atomic E-state index is -0.283. The number of anilines is 2. The molecule has 2 amide bonds. The van der Waals surface area contributed by atoms with Crippen LogP contribution < -0.4 is 19.7 Å². The van der Waals surface area contributed by atoms with Gasteiger partial charge in [-0.25, -0.2) is 0 Å². The standard InChI is InChI=1S/C22H24N2O4/c1-4-16-5-8-18(9-6-16)27-13-21(25)23-17-7-10-20-19(11-17)24(12-15(2)3)22(26)14-28-20/h5-11H,2,4,12-14H2,1,3H3,(H,23,25). The molecular formula is C22H24N2O4. The minimum absolute atomic E-state index is 0.00333. The third-order valence-corrected chi connectivity index (χ3v) is 4.32. The first kappa shape index (κ1) is 19.5. The molecule has 3 rings (SSSR count). The highest BCUT2D eigenvalue weighted by atomic mass is 16.5. The molecule has 1 heterocycles. The van der Waals surface area contributed by atoms with Gasteiger partial charge in [0, 0.05) is 12.2 Å². The molecule has 28 heavy (non-hydrogen) atoms. The normalized spacial score (nSPS) is 12.8. The quantitative estimate of drug-likeness (QED) is 0.746. The Morgan fingerprint density at radius 2 is 2.00 bits per heavy atom. The third-order valence-electron chi connectivity index (χ3n) is 4.32. The van der Waals surface area contributed by atoms with Crippen molar-refractivity contribution in [2.24, 2.45) is 0 Å². The maximum atomic E-state index is 12.2. The Morgan fingerprint density at radius 1 is 1.25 bits per heavy atom. The van der Waals surface area contributed by atoms with Crippen LogP contribution in [0.1, 0.15) is 19.4 Å². The lowest BCUT2D eigenvalue weighted by Gasteiger charge is -2.30. The maximum absolute atomic E-state index is 12.2. The van der Waals surface area contributed by atoms with Crippen LogP contribution in [-0.4, -0.2) is 31.6 Å². The average molecular weight is 380 g/mol. The number of ether oxygens (including phenoxy) is 2. The molecule has 0 fully saturated rings. The van der Waals surface area contributed by atoms with Gasteiger partial charge in [-0.3, -0.25) is 9.59 Å². The number of aryl methyl sites for hydroxylation is 1. The Bertz CT molecular complexity index is 890. The summed E-state index contributed by atoms with van der Waals surface area (Å²) < 4.78 is 11.0. The molecule has 2 aromatic carbocycles. The van der Waals surface area contributed by atoms with Gasteiger partial charge in [0.15, 0.2) is 13.2 Å². The number of amides is 2. The molecule has 0 saturated heterocycles. The zero-order valence-corrected chi connectivity index (χ0v) is 16.2. The molecule has 0 aromatic heterocycles. The number of nitrogens with zero attached hydrogens (tertiary/aromatic N) is 1. The number of carbonyl (C=O) groups excluding carboxylic acids is 2. The van der Waals surface area contributed by atoms with E-state index >= 15 is 0 Å². The first-order valence-electron chi connectivity index (χ1n) is 9.19. The van der Waals surface area contributed by atoms with Crippen LogP contribution in [0.2, 0.25) is 0 Å².